The minimum absolute atomic E-state index is 0.0683. The molecule has 1 fully saturated rings. The molecule has 1 aliphatic rings. The first-order valence-electron chi connectivity index (χ1n) is 6.09. The van der Waals surface area contributed by atoms with E-state index in [0.29, 0.717) is 0 Å². The van der Waals surface area contributed by atoms with E-state index in [2.05, 4.69) is 4.98 Å². The van der Waals surface area contributed by atoms with Crippen molar-refractivity contribution in [2.45, 2.75) is 32.4 Å². The lowest BCUT2D eigenvalue weighted by Crippen LogP contribution is -2.26. The molecule has 1 aromatic heterocycles. The first-order valence-corrected chi connectivity index (χ1v) is 6.09. The third-order valence-corrected chi connectivity index (χ3v) is 3.40. The summed E-state index contributed by atoms with van der Waals surface area (Å²) < 4.78 is 7.45. The van der Waals surface area contributed by atoms with Crippen molar-refractivity contribution in [2.24, 2.45) is 0 Å². The Morgan fingerprint density at radius 2 is 2.29 bits per heavy atom. The van der Waals surface area contributed by atoms with E-state index in [9.17, 15) is 4.79 Å². The topological polar surface area (TPSA) is 47.0 Å². The lowest BCUT2D eigenvalue weighted by atomic mass is 10.1. The molecule has 1 atom stereocenters. The highest BCUT2D eigenvalue weighted by Gasteiger charge is 2.20. The number of hydrogen-bond acceptors (Lipinski definition) is 2. The maximum absolute atomic E-state index is 12.0. The van der Waals surface area contributed by atoms with Gasteiger partial charge in [-0.05, 0) is 37.8 Å². The number of aromatic nitrogens is 2. The van der Waals surface area contributed by atoms with Crippen LogP contribution in [0.25, 0.3) is 11.0 Å². The second-order valence-electron chi connectivity index (χ2n) is 4.59. The zero-order valence-electron chi connectivity index (χ0n) is 9.90. The van der Waals surface area contributed by atoms with Gasteiger partial charge in [-0.1, -0.05) is 12.1 Å². The molecule has 1 unspecified atom stereocenters. The Bertz CT molecular complexity index is 591. The van der Waals surface area contributed by atoms with Crippen LogP contribution in [0.15, 0.2) is 23.0 Å². The Labute approximate surface area is 99.2 Å². The standard InChI is InChI=1S/C13H16N2O2/c1-9-5-4-6-10-12(9)14-13(16)15(10)11-7-2-3-8-17-11/h4-6,11H,2-3,7-8H2,1H3,(H,14,16). The van der Waals surface area contributed by atoms with Gasteiger partial charge in [0.2, 0.25) is 0 Å². The van der Waals surface area contributed by atoms with Crippen LogP contribution in [0.2, 0.25) is 0 Å². The molecule has 0 saturated carbocycles. The number of nitrogens with zero attached hydrogens (tertiary/aromatic N) is 1. The van der Waals surface area contributed by atoms with E-state index in [0.717, 1.165) is 42.5 Å². The van der Waals surface area contributed by atoms with Crippen LogP contribution in [0.4, 0.5) is 0 Å². The molecule has 0 aliphatic carbocycles. The van der Waals surface area contributed by atoms with E-state index >= 15 is 0 Å². The first kappa shape index (κ1) is 10.6. The fourth-order valence-electron chi connectivity index (χ4n) is 2.51. The highest BCUT2D eigenvalue weighted by Crippen LogP contribution is 2.25. The fourth-order valence-corrected chi connectivity index (χ4v) is 2.51. The van der Waals surface area contributed by atoms with Gasteiger partial charge in [0, 0.05) is 6.61 Å². The summed E-state index contributed by atoms with van der Waals surface area (Å²) in [5, 5.41) is 0. The summed E-state index contributed by atoms with van der Waals surface area (Å²) in [6.45, 7) is 2.75. The maximum Gasteiger partial charge on any atom is 0.328 e. The first-order chi connectivity index (χ1) is 8.27. The van der Waals surface area contributed by atoms with Gasteiger partial charge in [-0.2, -0.15) is 0 Å². The molecule has 1 N–H and O–H groups in total. The number of imidazole rings is 1. The van der Waals surface area contributed by atoms with Gasteiger partial charge in [-0.15, -0.1) is 0 Å². The van der Waals surface area contributed by atoms with Crippen LogP contribution in [0.1, 0.15) is 31.1 Å². The summed E-state index contributed by atoms with van der Waals surface area (Å²) >= 11 is 0. The highest BCUT2D eigenvalue weighted by molar-refractivity contribution is 5.78. The van der Waals surface area contributed by atoms with Crippen molar-refractivity contribution in [3.8, 4) is 0 Å². The lowest BCUT2D eigenvalue weighted by Gasteiger charge is -2.23. The summed E-state index contributed by atoms with van der Waals surface area (Å²) in [6.07, 6.45) is 3.02. The molecule has 0 bridgehead atoms. The number of ether oxygens (including phenoxy) is 1. The minimum atomic E-state index is -0.105. The van der Waals surface area contributed by atoms with Crippen LogP contribution in [0.3, 0.4) is 0 Å². The number of H-pyrrole nitrogens is 1. The number of para-hydroxylation sites is 1. The van der Waals surface area contributed by atoms with Gasteiger partial charge >= 0.3 is 5.69 Å². The molecule has 1 aromatic carbocycles. The average Bonchev–Trinajstić information content (AvgIpc) is 2.68. The molecular weight excluding hydrogens is 216 g/mol. The van der Waals surface area contributed by atoms with Crippen molar-refractivity contribution in [2.75, 3.05) is 6.61 Å². The second-order valence-corrected chi connectivity index (χ2v) is 4.59. The van der Waals surface area contributed by atoms with Gasteiger partial charge in [0.1, 0.15) is 6.23 Å². The van der Waals surface area contributed by atoms with E-state index in [1.54, 1.807) is 4.57 Å². The molecule has 0 spiro atoms. The number of aromatic amines is 1. The fraction of sp³-hybridized carbons (Fsp3) is 0.462. The van der Waals surface area contributed by atoms with Gasteiger partial charge in [-0.25, -0.2) is 4.79 Å². The normalized spacial score (nSPS) is 20.9. The van der Waals surface area contributed by atoms with Crippen LogP contribution in [0, 0.1) is 6.92 Å². The lowest BCUT2D eigenvalue weighted by molar-refractivity contribution is -0.0313. The Morgan fingerprint density at radius 1 is 1.41 bits per heavy atom. The Balaban J connectivity index is 2.18. The second kappa shape index (κ2) is 4.04. The molecule has 4 nitrogen and oxygen atoms in total. The van der Waals surface area contributed by atoms with Gasteiger partial charge in [0.05, 0.1) is 11.0 Å². The summed E-state index contributed by atoms with van der Waals surface area (Å²) in [5.74, 6) is 0. The van der Waals surface area contributed by atoms with Crippen molar-refractivity contribution in [3.05, 3.63) is 34.2 Å². The van der Waals surface area contributed by atoms with Crippen molar-refractivity contribution in [3.63, 3.8) is 0 Å². The summed E-state index contributed by atoms with van der Waals surface area (Å²) in [5.41, 5.74) is 2.89. The predicted octanol–water partition coefficient (Wildman–Crippen LogP) is 2.34. The highest BCUT2D eigenvalue weighted by atomic mass is 16.5. The smallest absolute Gasteiger partial charge is 0.328 e. The molecule has 3 rings (SSSR count). The van der Waals surface area contributed by atoms with Crippen molar-refractivity contribution in [1.82, 2.24) is 9.55 Å². The molecular formula is C13H16N2O2. The molecule has 90 valence electrons. The molecule has 1 aliphatic heterocycles. The number of fused-ring (bicyclic) bond motifs is 1. The summed E-state index contributed by atoms with van der Waals surface area (Å²) in [6, 6.07) is 5.95. The van der Waals surface area contributed by atoms with Gasteiger partial charge in [0.25, 0.3) is 0 Å². The van der Waals surface area contributed by atoms with Crippen LogP contribution in [-0.4, -0.2) is 16.2 Å². The largest absolute Gasteiger partial charge is 0.358 e. The minimum Gasteiger partial charge on any atom is -0.358 e. The number of benzene rings is 1. The maximum atomic E-state index is 12.0. The van der Waals surface area contributed by atoms with Crippen LogP contribution >= 0.6 is 0 Å². The average molecular weight is 232 g/mol. The number of nitrogens with one attached hydrogen (secondary N) is 1. The molecule has 0 amide bonds. The zero-order chi connectivity index (χ0) is 11.8. The zero-order valence-corrected chi connectivity index (χ0v) is 9.90. The number of hydrogen-bond donors (Lipinski definition) is 1. The third kappa shape index (κ3) is 1.69. The van der Waals surface area contributed by atoms with Gasteiger partial charge in [-0.3, -0.25) is 4.57 Å². The van der Waals surface area contributed by atoms with E-state index in [1.165, 1.54) is 0 Å². The van der Waals surface area contributed by atoms with Crippen LogP contribution in [0.5, 0.6) is 0 Å². The molecule has 4 heteroatoms. The van der Waals surface area contributed by atoms with Crippen LogP contribution in [-0.2, 0) is 4.74 Å². The molecule has 0 radical (unpaired) electrons. The quantitative estimate of drug-likeness (QED) is 0.820. The molecule has 2 aromatic rings. The van der Waals surface area contributed by atoms with E-state index in [1.807, 2.05) is 25.1 Å². The van der Waals surface area contributed by atoms with Gasteiger partial charge in [0.15, 0.2) is 0 Å². The third-order valence-electron chi connectivity index (χ3n) is 3.40. The number of aryl methyl sites for hydroxylation is 1. The molecule has 2 heterocycles. The van der Waals surface area contributed by atoms with E-state index in [-0.39, 0.29) is 11.9 Å². The predicted molar refractivity (Wildman–Crippen MR) is 66.1 cm³/mol. The van der Waals surface area contributed by atoms with E-state index < -0.39 is 0 Å². The van der Waals surface area contributed by atoms with Gasteiger partial charge < -0.3 is 9.72 Å². The van der Waals surface area contributed by atoms with Crippen LogP contribution < -0.4 is 5.69 Å². The number of rotatable bonds is 1. The Kier molecular flexibility index (Phi) is 2.52. The monoisotopic (exact) mass is 232 g/mol. The van der Waals surface area contributed by atoms with Crippen molar-refractivity contribution in [1.29, 1.82) is 0 Å². The summed E-state index contributed by atoms with van der Waals surface area (Å²) in [7, 11) is 0. The molecule has 1 saturated heterocycles. The van der Waals surface area contributed by atoms with E-state index in [4.69, 9.17) is 4.74 Å². The Morgan fingerprint density at radius 3 is 3.06 bits per heavy atom. The SMILES string of the molecule is Cc1cccc2c1[nH]c(=O)n2C1CCCCO1. The Hall–Kier alpha value is -1.55. The molecule has 17 heavy (non-hydrogen) atoms. The van der Waals surface area contributed by atoms with Crippen molar-refractivity contribution >= 4 is 11.0 Å². The van der Waals surface area contributed by atoms with Crippen molar-refractivity contribution < 1.29 is 4.74 Å². The summed E-state index contributed by atoms with van der Waals surface area (Å²) in [4.78, 5) is 14.9.